The van der Waals surface area contributed by atoms with Gasteiger partial charge in [0.25, 0.3) is 0 Å². The Morgan fingerprint density at radius 2 is 1.11 bits per heavy atom. The standard InChI is InChI=1S/C31H54N4O/c36-31(35-30(20-21-32-35)28-15-6-4-2-1-3-5-7-16-28)34-24-22-33(23-25-34)29-17-11-10-14-27(18-19-29)26-12-8-9-13-26/h21,26-30H,1-20,22-25H2. The normalized spacial score (nSPS) is 32.9. The zero-order valence-corrected chi connectivity index (χ0v) is 23.1. The Hall–Kier alpha value is -1.10. The first-order chi connectivity index (χ1) is 17.8. The van der Waals surface area contributed by atoms with E-state index in [1.807, 2.05) is 11.2 Å². The molecule has 0 N–H and O–H groups in total. The first-order valence-electron chi connectivity index (χ1n) is 16.1. The summed E-state index contributed by atoms with van der Waals surface area (Å²) in [5, 5.41) is 6.56. The summed E-state index contributed by atoms with van der Waals surface area (Å²) >= 11 is 0. The fourth-order valence-corrected chi connectivity index (χ4v) is 8.41. The van der Waals surface area contributed by atoms with Crippen molar-refractivity contribution in [2.45, 2.75) is 141 Å². The topological polar surface area (TPSA) is 39.2 Å². The van der Waals surface area contributed by atoms with Gasteiger partial charge in [-0.05, 0) is 49.9 Å². The predicted octanol–water partition coefficient (Wildman–Crippen LogP) is 7.45. The minimum absolute atomic E-state index is 0.185. The summed E-state index contributed by atoms with van der Waals surface area (Å²) in [4.78, 5) is 18.5. The van der Waals surface area contributed by atoms with Gasteiger partial charge in [-0.2, -0.15) is 5.10 Å². The van der Waals surface area contributed by atoms with Crippen molar-refractivity contribution < 1.29 is 4.79 Å². The summed E-state index contributed by atoms with van der Waals surface area (Å²) in [6, 6.07) is 1.23. The number of hydrazone groups is 1. The maximum absolute atomic E-state index is 13.6. The van der Waals surface area contributed by atoms with E-state index in [2.05, 4.69) is 14.9 Å². The lowest BCUT2D eigenvalue weighted by Crippen LogP contribution is -2.55. The number of nitrogens with zero attached hydrogens (tertiary/aromatic N) is 4. The fourth-order valence-electron chi connectivity index (χ4n) is 8.41. The molecule has 0 radical (unpaired) electrons. The lowest BCUT2D eigenvalue weighted by atomic mass is 9.79. The monoisotopic (exact) mass is 498 g/mol. The average molecular weight is 499 g/mol. The molecule has 4 fully saturated rings. The lowest BCUT2D eigenvalue weighted by Gasteiger charge is -2.42. The molecule has 0 aromatic rings. The van der Waals surface area contributed by atoms with Crippen LogP contribution in [0, 0.1) is 17.8 Å². The summed E-state index contributed by atoms with van der Waals surface area (Å²) in [5.74, 6) is 2.64. The Bertz CT molecular complexity index is 687. The molecule has 0 bridgehead atoms. The van der Waals surface area contributed by atoms with E-state index in [0.717, 1.165) is 50.5 Å². The van der Waals surface area contributed by atoms with Gasteiger partial charge < -0.3 is 4.90 Å². The van der Waals surface area contributed by atoms with Gasteiger partial charge in [-0.1, -0.05) is 89.9 Å². The zero-order valence-electron chi connectivity index (χ0n) is 23.1. The molecule has 2 aliphatic heterocycles. The minimum Gasteiger partial charge on any atom is -0.321 e. The Balaban J connectivity index is 1.11. The van der Waals surface area contributed by atoms with Gasteiger partial charge in [0.2, 0.25) is 0 Å². The van der Waals surface area contributed by atoms with Crippen molar-refractivity contribution in [3.63, 3.8) is 0 Å². The highest BCUT2D eigenvalue weighted by molar-refractivity contribution is 5.78. The van der Waals surface area contributed by atoms with E-state index in [4.69, 9.17) is 0 Å². The van der Waals surface area contributed by atoms with Crippen LogP contribution in [0.5, 0.6) is 0 Å². The fraction of sp³-hybridized carbons (Fsp3) is 0.935. The maximum Gasteiger partial charge on any atom is 0.340 e. The Morgan fingerprint density at radius 1 is 0.583 bits per heavy atom. The van der Waals surface area contributed by atoms with Gasteiger partial charge in [-0.15, -0.1) is 0 Å². The van der Waals surface area contributed by atoms with E-state index in [9.17, 15) is 4.79 Å². The van der Waals surface area contributed by atoms with Crippen LogP contribution in [0.3, 0.4) is 0 Å². The molecule has 3 atom stereocenters. The lowest BCUT2D eigenvalue weighted by molar-refractivity contribution is 0.0670. The van der Waals surface area contributed by atoms with Gasteiger partial charge in [0.05, 0.1) is 6.04 Å². The van der Waals surface area contributed by atoms with Crippen molar-refractivity contribution in [1.82, 2.24) is 14.8 Å². The SMILES string of the molecule is O=C(N1CCN(C2CCCCC(C3CCCC3)CC2)CC1)N1N=CCC1C1CCCCCCCCC1. The van der Waals surface area contributed by atoms with Crippen LogP contribution in [-0.2, 0) is 0 Å². The van der Waals surface area contributed by atoms with E-state index in [1.165, 1.54) is 122 Å². The van der Waals surface area contributed by atoms with Gasteiger partial charge in [0.15, 0.2) is 0 Å². The van der Waals surface area contributed by atoms with Crippen LogP contribution in [0.1, 0.15) is 128 Å². The highest BCUT2D eigenvalue weighted by atomic mass is 16.2. The average Bonchev–Trinajstić information content (AvgIpc) is 3.60. The first-order valence-corrected chi connectivity index (χ1v) is 16.1. The van der Waals surface area contributed by atoms with Crippen LogP contribution in [-0.4, -0.2) is 65.3 Å². The van der Waals surface area contributed by atoms with Gasteiger partial charge >= 0.3 is 6.03 Å². The number of hydrogen-bond acceptors (Lipinski definition) is 3. The largest absolute Gasteiger partial charge is 0.340 e. The van der Waals surface area contributed by atoms with E-state index in [-0.39, 0.29) is 6.03 Å². The van der Waals surface area contributed by atoms with E-state index >= 15 is 0 Å². The van der Waals surface area contributed by atoms with Crippen molar-refractivity contribution >= 4 is 12.2 Å². The third-order valence-electron chi connectivity index (χ3n) is 10.7. The van der Waals surface area contributed by atoms with Crippen molar-refractivity contribution in [1.29, 1.82) is 0 Å². The predicted molar refractivity (Wildman–Crippen MR) is 149 cm³/mol. The van der Waals surface area contributed by atoms with E-state index in [1.54, 1.807) is 0 Å². The third-order valence-corrected chi connectivity index (χ3v) is 10.7. The third kappa shape index (κ3) is 6.85. The molecule has 3 saturated carbocycles. The van der Waals surface area contributed by atoms with Crippen molar-refractivity contribution in [2.75, 3.05) is 26.2 Å². The quantitative estimate of drug-likeness (QED) is 0.405. The smallest absolute Gasteiger partial charge is 0.321 e. The number of rotatable bonds is 3. The highest BCUT2D eigenvalue weighted by Gasteiger charge is 2.37. The summed E-state index contributed by atoms with van der Waals surface area (Å²) in [7, 11) is 0. The number of urea groups is 1. The molecule has 5 nitrogen and oxygen atoms in total. The number of piperazine rings is 1. The molecule has 1 saturated heterocycles. The van der Waals surface area contributed by atoms with Crippen LogP contribution >= 0.6 is 0 Å². The Morgan fingerprint density at radius 3 is 1.78 bits per heavy atom. The molecule has 3 aliphatic carbocycles. The molecule has 2 amide bonds. The highest BCUT2D eigenvalue weighted by Crippen LogP contribution is 2.39. The molecule has 0 spiro atoms. The van der Waals surface area contributed by atoms with Crippen molar-refractivity contribution in [2.24, 2.45) is 22.9 Å². The molecule has 204 valence electrons. The molecule has 36 heavy (non-hydrogen) atoms. The second-order valence-corrected chi connectivity index (χ2v) is 12.9. The number of carbonyl (C=O) groups is 1. The van der Waals surface area contributed by atoms with Crippen LogP contribution in [0.4, 0.5) is 4.79 Å². The van der Waals surface area contributed by atoms with E-state index < -0.39 is 0 Å². The van der Waals surface area contributed by atoms with Crippen molar-refractivity contribution in [3.05, 3.63) is 0 Å². The minimum atomic E-state index is 0.185. The molecule has 3 unspecified atom stereocenters. The Kier molecular flexibility index (Phi) is 10.0. The molecule has 5 heteroatoms. The number of amides is 2. The zero-order chi connectivity index (χ0) is 24.6. The molecular weight excluding hydrogens is 444 g/mol. The Labute approximate surface area is 221 Å². The first kappa shape index (κ1) is 26.5. The van der Waals surface area contributed by atoms with Crippen LogP contribution in [0.2, 0.25) is 0 Å². The van der Waals surface area contributed by atoms with E-state index in [0.29, 0.717) is 12.0 Å². The molecule has 5 rings (SSSR count). The summed E-state index contributed by atoms with van der Waals surface area (Å²) < 4.78 is 0. The van der Waals surface area contributed by atoms with Crippen LogP contribution in [0.15, 0.2) is 5.10 Å². The molecule has 0 aromatic carbocycles. The summed E-state index contributed by atoms with van der Waals surface area (Å²) in [6.45, 7) is 3.86. The molecule has 0 aromatic heterocycles. The number of hydrogen-bond donors (Lipinski definition) is 0. The summed E-state index contributed by atoms with van der Waals surface area (Å²) in [5.41, 5.74) is 0. The van der Waals surface area contributed by atoms with Crippen molar-refractivity contribution in [3.8, 4) is 0 Å². The molecule has 2 heterocycles. The van der Waals surface area contributed by atoms with Gasteiger partial charge in [-0.25, -0.2) is 9.80 Å². The van der Waals surface area contributed by atoms with Crippen LogP contribution < -0.4 is 0 Å². The molecule has 5 aliphatic rings. The second-order valence-electron chi connectivity index (χ2n) is 12.9. The van der Waals surface area contributed by atoms with Gasteiger partial charge in [0.1, 0.15) is 0 Å². The van der Waals surface area contributed by atoms with Gasteiger partial charge in [0, 0.05) is 44.9 Å². The number of carbonyl (C=O) groups excluding carboxylic acids is 1. The summed E-state index contributed by atoms with van der Waals surface area (Å²) in [6.07, 6.45) is 29.6. The maximum atomic E-state index is 13.6. The van der Waals surface area contributed by atoms with Gasteiger partial charge in [-0.3, -0.25) is 4.90 Å². The molecular formula is C31H54N4O. The van der Waals surface area contributed by atoms with Crippen LogP contribution in [0.25, 0.3) is 0 Å². The second kappa shape index (κ2) is 13.6.